The molecule has 0 saturated carbocycles. The minimum Gasteiger partial charge on any atom is -0.453 e. The Morgan fingerprint density at radius 3 is 2.65 bits per heavy atom. The molecule has 6 heteroatoms. The molecule has 0 atom stereocenters. The maximum Gasteiger partial charge on any atom is 0.409 e. The van der Waals surface area contributed by atoms with Gasteiger partial charge in [0, 0.05) is 18.7 Å². The van der Waals surface area contributed by atoms with Crippen molar-refractivity contribution in [2.75, 3.05) is 25.9 Å². The second-order valence-corrected chi connectivity index (χ2v) is 5.50. The SMILES string of the molecule is COC(=O)N1CC=C(c2nn(-c3ccccc3)c(N)c2C)CC1. The zero-order chi connectivity index (χ0) is 16.4. The molecule has 3 rings (SSSR count). The van der Waals surface area contributed by atoms with E-state index in [1.165, 1.54) is 7.11 Å². The molecule has 1 aliphatic heterocycles. The third kappa shape index (κ3) is 2.79. The number of carbonyl (C=O) groups excluding carboxylic acids is 1. The van der Waals surface area contributed by atoms with Gasteiger partial charge < -0.3 is 15.4 Å². The van der Waals surface area contributed by atoms with Crippen molar-refractivity contribution in [3.8, 4) is 5.69 Å². The van der Waals surface area contributed by atoms with Crippen LogP contribution >= 0.6 is 0 Å². The number of methoxy groups -OCH3 is 1. The van der Waals surface area contributed by atoms with Gasteiger partial charge in [-0.1, -0.05) is 24.3 Å². The maximum atomic E-state index is 11.6. The van der Waals surface area contributed by atoms with E-state index in [0.717, 1.165) is 28.9 Å². The van der Waals surface area contributed by atoms with Crippen LogP contribution in [0.25, 0.3) is 11.3 Å². The Morgan fingerprint density at radius 1 is 1.30 bits per heavy atom. The molecule has 1 aromatic carbocycles. The Balaban J connectivity index is 1.90. The van der Waals surface area contributed by atoms with Crippen LogP contribution < -0.4 is 5.73 Å². The number of nitrogens with two attached hydrogens (primary N) is 1. The van der Waals surface area contributed by atoms with Crippen molar-refractivity contribution >= 4 is 17.5 Å². The molecule has 2 N–H and O–H groups in total. The summed E-state index contributed by atoms with van der Waals surface area (Å²) < 4.78 is 6.52. The van der Waals surface area contributed by atoms with E-state index in [1.54, 1.807) is 9.58 Å². The first-order valence-electron chi connectivity index (χ1n) is 7.54. The first-order chi connectivity index (χ1) is 11.1. The number of carbonyl (C=O) groups is 1. The van der Waals surface area contributed by atoms with Crippen molar-refractivity contribution in [1.82, 2.24) is 14.7 Å². The summed E-state index contributed by atoms with van der Waals surface area (Å²) in [6.45, 7) is 3.13. The average molecular weight is 312 g/mol. The molecule has 0 saturated heterocycles. The first-order valence-corrected chi connectivity index (χ1v) is 7.54. The Morgan fingerprint density at radius 2 is 2.04 bits per heavy atom. The van der Waals surface area contributed by atoms with Gasteiger partial charge in [0.25, 0.3) is 0 Å². The molecule has 0 spiro atoms. The van der Waals surface area contributed by atoms with Crippen LogP contribution in [-0.2, 0) is 4.74 Å². The summed E-state index contributed by atoms with van der Waals surface area (Å²) >= 11 is 0. The molecule has 0 aliphatic carbocycles. The van der Waals surface area contributed by atoms with Gasteiger partial charge in [-0.05, 0) is 31.1 Å². The van der Waals surface area contributed by atoms with E-state index in [1.807, 2.05) is 43.3 Å². The second-order valence-electron chi connectivity index (χ2n) is 5.50. The molecule has 0 bridgehead atoms. The highest BCUT2D eigenvalue weighted by Crippen LogP contribution is 2.29. The smallest absolute Gasteiger partial charge is 0.409 e. The highest BCUT2D eigenvalue weighted by Gasteiger charge is 2.22. The molecule has 0 fully saturated rings. The molecule has 120 valence electrons. The highest BCUT2D eigenvalue weighted by molar-refractivity contribution is 5.74. The van der Waals surface area contributed by atoms with Crippen LogP contribution in [0, 0.1) is 6.92 Å². The predicted molar refractivity (Wildman–Crippen MR) is 89.3 cm³/mol. The standard InChI is InChI=1S/C17H20N4O2/c1-12-15(13-8-10-20(11-9-13)17(22)23-2)19-21(16(12)18)14-6-4-3-5-7-14/h3-8H,9-11,18H2,1-2H3. The molecule has 23 heavy (non-hydrogen) atoms. The van der Waals surface area contributed by atoms with Crippen LogP contribution in [0.5, 0.6) is 0 Å². The number of rotatable bonds is 2. The van der Waals surface area contributed by atoms with Gasteiger partial charge in [0.15, 0.2) is 0 Å². The Hall–Kier alpha value is -2.76. The number of aromatic nitrogens is 2. The topological polar surface area (TPSA) is 73.4 Å². The summed E-state index contributed by atoms with van der Waals surface area (Å²) in [6.07, 6.45) is 2.46. The fourth-order valence-corrected chi connectivity index (χ4v) is 2.76. The first kappa shape index (κ1) is 15.1. The lowest BCUT2D eigenvalue weighted by molar-refractivity contribution is 0.128. The van der Waals surface area contributed by atoms with E-state index >= 15 is 0 Å². The van der Waals surface area contributed by atoms with E-state index in [0.29, 0.717) is 18.9 Å². The molecule has 0 unspecified atom stereocenters. The monoisotopic (exact) mass is 312 g/mol. The van der Waals surface area contributed by atoms with E-state index in [4.69, 9.17) is 10.5 Å². The fraction of sp³-hybridized carbons (Fsp3) is 0.294. The number of hydrogen-bond acceptors (Lipinski definition) is 4. The Kier molecular flexibility index (Phi) is 4.06. The number of ether oxygens (including phenoxy) is 1. The van der Waals surface area contributed by atoms with Crippen LogP contribution in [-0.4, -0.2) is 41.0 Å². The minimum atomic E-state index is -0.300. The van der Waals surface area contributed by atoms with Crippen molar-refractivity contribution in [3.05, 3.63) is 47.7 Å². The molecular weight excluding hydrogens is 292 g/mol. The quantitative estimate of drug-likeness (QED) is 0.925. The summed E-state index contributed by atoms with van der Waals surface area (Å²) in [5.74, 6) is 0.641. The summed E-state index contributed by atoms with van der Waals surface area (Å²) in [6, 6.07) is 9.82. The normalized spacial score (nSPS) is 14.5. The predicted octanol–water partition coefficient (Wildman–Crippen LogP) is 2.62. The van der Waals surface area contributed by atoms with Crippen LogP contribution in [0.1, 0.15) is 17.7 Å². The van der Waals surface area contributed by atoms with E-state index < -0.39 is 0 Å². The van der Waals surface area contributed by atoms with Gasteiger partial charge in [0.05, 0.1) is 18.5 Å². The fourth-order valence-electron chi connectivity index (χ4n) is 2.76. The highest BCUT2D eigenvalue weighted by atomic mass is 16.5. The van der Waals surface area contributed by atoms with Gasteiger partial charge in [-0.15, -0.1) is 0 Å². The van der Waals surface area contributed by atoms with Gasteiger partial charge in [-0.2, -0.15) is 5.10 Å². The molecular formula is C17H20N4O2. The van der Waals surface area contributed by atoms with Crippen LogP contribution in [0.4, 0.5) is 10.6 Å². The number of hydrogen-bond donors (Lipinski definition) is 1. The van der Waals surface area contributed by atoms with E-state index in [9.17, 15) is 4.79 Å². The molecule has 2 aromatic rings. The average Bonchev–Trinajstić information content (AvgIpc) is 2.91. The van der Waals surface area contributed by atoms with E-state index in [2.05, 4.69) is 5.10 Å². The van der Waals surface area contributed by atoms with Crippen LogP contribution in [0.15, 0.2) is 36.4 Å². The zero-order valence-corrected chi connectivity index (χ0v) is 13.3. The van der Waals surface area contributed by atoms with Crippen molar-refractivity contribution in [2.24, 2.45) is 0 Å². The van der Waals surface area contributed by atoms with Crippen molar-refractivity contribution in [1.29, 1.82) is 0 Å². The van der Waals surface area contributed by atoms with Gasteiger partial charge in [0.1, 0.15) is 5.82 Å². The van der Waals surface area contributed by atoms with E-state index in [-0.39, 0.29) is 6.09 Å². The minimum absolute atomic E-state index is 0.300. The second kappa shape index (κ2) is 6.16. The summed E-state index contributed by atoms with van der Waals surface area (Å²) in [5, 5.41) is 4.68. The van der Waals surface area contributed by atoms with Crippen molar-refractivity contribution in [3.63, 3.8) is 0 Å². The molecule has 0 radical (unpaired) electrons. The summed E-state index contributed by atoms with van der Waals surface area (Å²) in [4.78, 5) is 13.2. The number of amides is 1. The largest absolute Gasteiger partial charge is 0.453 e. The van der Waals surface area contributed by atoms with Gasteiger partial charge in [-0.3, -0.25) is 0 Å². The lowest BCUT2D eigenvalue weighted by Gasteiger charge is -2.24. The molecule has 1 amide bonds. The lowest BCUT2D eigenvalue weighted by Crippen LogP contribution is -2.34. The summed E-state index contributed by atoms with van der Waals surface area (Å²) in [5.41, 5.74) is 10.1. The van der Waals surface area contributed by atoms with Gasteiger partial charge in [0.2, 0.25) is 0 Å². The number of para-hydroxylation sites is 1. The molecule has 1 aromatic heterocycles. The zero-order valence-electron chi connectivity index (χ0n) is 13.3. The van der Waals surface area contributed by atoms with Gasteiger partial charge >= 0.3 is 6.09 Å². The third-order valence-corrected chi connectivity index (χ3v) is 4.11. The summed E-state index contributed by atoms with van der Waals surface area (Å²) in [7, 11) is 1.40. The third-order valence-electron chi connectivity index (χ3n) is 4.11. The molecule has 2 heterocycles. The van der Waals surface area contributed by atoms with Gasteiger partial charge in [-0.25, -0.2) is 9.48 Å². The van der Waals surface area contributed by atoms with Crippen molar-refractivity contribution in [2.45, 2.75) is 13.3 Å². The number of benzene rings is 1. The maximum absolute atomic E-state index is 11.6. The number of nitrogen functional groups attached to an aromatic ring is 1. The molecule has 1 aliphatic rings. The number of nitrogens with zero attached hydrogens (tertiary/aromatic N) is 3. The molecule has 6 nitrogen and oxygen atoms in total. The number of anilines is 1. The lowest BCUT2D eigenvalue weighted by atomic mass is 10.0. The van der Waals surface area contributed by atoms with Crippen molar-refractivity contribution < 1.29 is 9.53 Å². The Labute approximate surface area is 135 Å². The van der Waals surface area contributed by atoms with Crippen LogP contribution in [0.3, 0.4) is 0 Å². The van der Waals surface area contributed by atoms with Crippen LogP contribution in [0.2, 0.25) is 0 Å². The Bertz CT molecular complexity index is 749.